The minimum Gasteiger partial charge on any atom is -0.393 e. The summed E-state index contributed by atoms with van der Waals surface area (Å²) in [7, 11) is 0. The first kappa shape index (κ1) is 13.3. The van der Waals surface area contributed by atoms with Gasteiger partial charge < -0.3 is 10.4 Å². The van der Waals surface area contributed by atoms with Crippen molar-refractivity contribution < 1.29 is 5.11 Å². The molecule has 4 atom stereocenters. The van der Waals surface area contributed by atoms with Crippen LogP contribution in [0.15, 0.2) is 60.7 Å². The van der Waals surface area contributed by atoms with Crippen molar-refractivity contribution in [2.45, 2.75) is 31.5 Å². The molecule has 0 spiro atoms. The van der Waals surface area contributed by atoms with Gasteiger partial charge in [-0.05, 0) is 17.5 Å². The van der Waals surface area contributed by atoms with Crippen molar-refractivity contribution in [3.63, 3.8) is 0 Å². The van der Waals surface area contributed by atoms with Crippen LogP contribution in [0.5, 0.6) is 0 Å². The Kier molecular flexibility index (Phi) is 3.86. The van der Waals surface area contributed by atoms with Gasteiger partial charge in [0.25, 0.3) is 0 Å². The molecule has 20 heavy (non-hydrogen) atoms. The number of benzene rings is 2. The van der Waals surface area contributed by atoms with Gasteiger partial charge in [-0.3, -0.25) is 0 Å². The van der Waals surface area contributed by atoms with Crippen molar-refractivity contribution in [1.82, 2.24) is 5.32 Å². The largest absolute Gasteiger partial charge is 0.393 e. The Morgan fingerprint density at radius 2 is 1.45 bits per heavy atom. The minimum absolute atomic E-state index is 0.199. The van der Waals surface area contributed by atoms with Gasteiger partial charge in [-0.15, -0.1) is 0 Å². The molecule has 2 aromatic rings. The van der Waals surface area contributed by atoms with Gasteiger partial charge in [0.2, 0.25) is 0 Å². The molecule has 2 aromatic carbocycles. The van der Waals surface area contributed by atoms with Crippen molar-refractivity contribution in [1.29, 1.82) is 0 Å². The third-order valence-corrected chi connectivity index (χ3v) is 4.35. The van der Waals surface area contributed by atoms with Gasteiger partial charge in [-0.25, -0.2) is 0 Å². The average molecular weight is 267 g/mol. The summed E-state index contributed by atoms with van der Waals surface area (Å²) in [6, 6.07) is 21.2. The number of nitrogens with one attached hydrogen (secondary N) is 1. The second kappa shape index (κ2) is 5.78. The fraction of sp³-hybridized carbons (Fsp3) is 0.333. The van der Waals surface area contributed by atoms with Gasteiger partial charge in [0.05, 0.1) is 6.10 Å². The van der Waals surface area contributed by atoms with Gasteiger partial charge in [-0.2, -0.15) is 0 Å². The molecular formula is C18H21NO. The van der Waals surface area contributed by atoms with Crippen LogP contribution in [-0.2, 0) is 0 Å². The molecular weight excluding hydrogens is 246 g/mol. The first-order chi connectivity index (χ1) is 9.75. The van der Waals surface area contributed by atoms with Crippen LogP contribution in [-0.4, -0.2) is 11.2 Å². The molecule has 2 heteroatoms. The van der Waals surface area contributed by atoms with Crippen LogP contribution >= 0.6 is 0 Å². The van der Waals surface area contributed by atoms with Crippen LogP contribution in [0.1, 0.15) is 36.6 Å². The normalized spacial score (nSPS) is 30.1. The number of aliphatic hydroxyl groups is 1. The molecule has 0 saturated carbocycles. The lowest BCUT2D eigenvalue weighted by Gasteiger charge is -2.39. The highest BCUT2D eigenvalue weighted by atomic mass is 16.3. The molecule has 3 rings (SSSR count). The van der Waals surface area contributed by atoms with Gasteiger partial charge in [0.15, 0.2) is 0 Å². The molecule has 2 nitrogen and oxygen atoms in total. The lowest BCUT2D eigenvalue weighted by atomic mass is 9.81. The molecule has 1 saturated heterocycles. The van der Waals surface area contributed by atoms with Gasteiger partial charge in [0.1, 0.15) is 0 Å². The van der Waals surface area contributed by atoms with Crippen molar-refractivity contribution in [3.05, 3.63) is 71.8 Å². The maximum absolute atomic E-state index is 10.4. The zero-order valence-electron chi connectivity index (χ0n) is 11.7. The van der Waals surface area contributed by atoms with E-state index in [0.717, 1.165) is 6.42 Å². The number of hydrogen-bond acceptors (Lipinski definition) is 2. The maximum atomic E-state index is 10.4. The summed E-state index contributed by atoms with van der Waals surface area (Å²) in [5.74, 6) is 0.220. The molecule has 0 aromatic heterocycles. The van der Waals surface area contributed by atoms with Crippen LogP contribution in [0.2, 0.25) is 0 Å². The monoisotopic (exact) mass is 267 g/mol. The lowest BCUT2D eigenvalue weighted by molar-refractivity contribution is 0.0402. The van der Waals surface area contributed by atoms with E-state index in [-0.39, 0.29) is 24.1 Å². The molecule has 1 heterocycles. The second-order valence-electron chi connectivity index (χ2n) is 5.68. The molecule has 0 unspecified atom stereocenters. The van der Waals surface area contributed by atoms with Crippen molar-refractivity contribution in [2.24, 2.45) is 5.92 Å². The number of hydrogen-bond donors (Lipinski definition) is 2. The Morgan fingerprint density at radius 1 is 0.900 bits per heavy atom. The highest BCUT2D eigenvalue weighted by molar-refractivity contribution is 5.25. The molecule has 1 aliphatic rings. The van der Waals surface area contributed by atoms with E-state index in [1.165, 1.54) is 11.1 Å². The Morgan fingerprint density at radius 3 is 2.05 bits per heavy atom. The van der Waals surface area contributed by atoms with E-state index in [9.17, 15) is 5.11 Å². The summed E-state index contributed by atoms with van der Waals surface area (Å²) in [6.07, 6.45) is 0.501. The lowest BCUT2D eigenvalue weighted by Crippen LogP contribution is -2.43. The summed E-state index contributed by atoms with van der Waals surface area (Å²) < 4.78 is 0. The molecule has 104 valence electrons. The molecule has 1 fully saturated rings. The third kappa shape index (κ3) is 2.62. The zero-order chi connectivity index (χ0) is 13.9. The summed E-state index contributed by atoms with van der Waals surface area (Å²) in [5.41, 5.74) is 2.50. The Bertz CT molecular complexity index is 540. The maximum Gasteiger partial charge on any atom is 0.0602 e. The van der Waals surface area contributed by atoms with Gasteiger partial charge >= 0.3 is 0 Å². The van der Waals surface area contributed by atoms with Gasteiger partial charge in [-0.1, -0.05) is 67.6 Å². The number of aliphatic hydroxyl groups excluding tert-OH is 1. The fourth-order valence-corrected chi connectivity index (χ4v) is 3.09. The zero-order valence-corrected chi connectivity index (χ0v) is 11.7. The summed E-state index contributed by atoms with van der Waals surface area (Å²) >= 11 is 0. The molecule has 0 amide bonds. The van der Waals surface area contributed by atoms with Crippen LogP contribution in [0.25, 0.3) is 0 Å². The van der Waals surface area contributed by atoms with Crippen molar-refractivity contribution >= 4 is 0 Å². The predicted octanol–water partition coefficient (Wildman–Crippen LogP) is 3.46. The molecule has 1 aliphatic heterocycles. The highest BCUT2D eigenvalue weighted by Crippen LogP contribution is 2.36. The quantitative estimate of drug-likeness (QED) is 0.873. The van der Waals surface area contributed by atoms with E-state index in [0.29, 0.717) is 0 Å². The van der Waals surface area contributed by atoms with E-state index in [2.05, 4.69) is 60.8 Å². The van der Waals surface area contributed by atoms with E-state index in [1.54, 1.807) is 0 Å². The fourth-order valence-electron chi connectivity index (χ4n) is 3.09. The van der Waals surface area contributed by atoms with E-state index in [4.69, 9.17) is 0 Å². The van der Waals surface area contributed by atoms with Crippen LogP contribution in [0.3, 0.4) is 0 Å². The summed E-state index contributed by atoms with van der Waals surface area (Å²) in [6.45, 7) is 2.12. The van der Waals surface area contributed by atoms with E-state index in [1.807, 2.05) is 12.1 Å². The van der Waals surface area contributed by atoms with E-state index >= 15 is 0 Å². The van der Waals surface area contributed by atoms with Crippen molar-refractivity contribution in [2.75, 3.05) is 0 Å². The average Bonchev–Trinajstić information content (AvgIpc) is 2.51. The van der Waals surface area contributed by atoms with E-state index < -0.39 is 0 Å². The minimum atomic E-state index is -0.272. The Labute approximate surface area is 120 Å². The van der Waals surface area contributed by atoms with Crippen LogP contribution in [0.4, 0.5) is 0 Å². The second-order valence-corrected chi connectivity index (χ2v) is 5.68. The van der Waals surface area contributed by atoms with Crippen molar-refractivity contribution in [3.8, 4) is 0 Å². The van der Waals surface area contributed by atoms with Crippen LogP contribution < -0.4 is 5.32 Å². The smallest absolute Gasteiger partial charge is 0.0602 e. The molecule has 0 aliphatic carbocycles. The van der Waals surface area contributed by atoms with Gasteiger partial charge in [0, 0.05) is 18.0 Å². The third-order valence-electron chi connectivity index (χ3n) is 4.35. The number of rotatable bonds is 2. The van der Waals surface area contributed by atoms with Crippen LogP contribution in [0, 0.1) is 5.92 Å². The Hall–Kier alpha value is -1.64. The molecule has 0 bridgehead atoms. The summed E-state index contributed by atoms with van der Waals surface area (Å²) in [5, 5.41) is 14.1. The SMILES string of the molecule is C[C@@H]1[C@H](O)C[C@@H](c2ccccc2)N[C@@H]1c1ccccc1. The highest BCUT2D eigenvalue weighted by Gasteiger charge is 2.34. The number of piperidine rings is 1. The predicted molar refractivity (Wildman–Crippen MR) is 81.3 cm³/mol. The first-order valence-electron chi connectivity index (χ1n) is 7.29. The molecule has 0 radical (unpaired) electrons. The summed E-state index contributed by atoms with van der Waals surface area (Å²) in [4.78, 5) is 0. The standard InChI is InChI=1S/C18H21NO/c1-13-17(20)12-16(14-8-4-2-5-9-14)19-18(13)15-10-6-3-7-11-15/h2-11,13,16-20H,12H2,1H3/t13-,16+,17-,18+/m1/s1. The first-order valence-corrected chi connectivity index (χ1v) is 7.29. The Balaban J connectivity index is 1.87. The topological polar surface area (TPSA) is 32.3 Å². The molecule has 2 N–H and O–H groups in total.